The molecule has 0 radical (unpaired) electrons. The highest BCUT2D eigenvalue weighted by Crippen LogP contribution is 2.33. The summed E-state index contributed by atoms with van der Waals surface area (Å²) in [5, 5.41) is 3.67. The van der Waals surface area contributed by atoms with Gasteiger partial charge in [0.15, 0.2) is 0 Å². The van der Waals surface area contributed by atoms with Crippen LogP contribution in [0.25, 0.3) is 0 Å². The van der Waals surface area contributed by atoms with E-state index >= 15 is 0 Å². The first-order valence-electron chi connectivity index (χ1n) is 9.87. The minimum absolute atomic E-state index is 0.367. The highest BCUT2D eigenvalue weighted by molar-refractivity contribution is 5.76. The Bertz CT molecular complexity index is 573. The Balaban J connectivity index is 1.26. The van der Waals surface area contributed by atoms with Crippen LogP contribution in [-0.2, 0) is 4.79 Å². The fraction of sp³-hybridized carbons (Fsp3) is 0.700. The summed E-state index contributed by atoms with van der Waals surface area (Å²) in [6, 6.07) is 5.85. The monoisotopic (exact) mass is 342 g/mol. The minimum atomic E-state index is 0.367. The van der Waals surface area contributed by atoms with Crippen LogP contribution in [0.3, 0.4) is 0 Å². The number of piperidine rings is 1. The van der Waals surface area contributed by atoms with Crippen LogP contribution in [0, 0.1) is 5.92 Å². The third-order valence-corrected chi connectivity index (χ3v) is 6.42. The molecule has 1 amide bonds. The van der Waals surface area contributed by atoms with Gasteiger partial charge in [0, 0.05) is 63.1 Å². The van der Waals surface area contributed by atoms with E-state index in [0.29, 0.717) is 30.0 Å². The van der Waals surface area contributed by atoms with Gasteiger partial charge >= 0.3 is 0 Å². The normalized spacial score (nSPS) is 31.1. The molecule has 1 aromatic rings. The van der Waals surface area contributed by atoms with Crippen molar-refractivity contribution >= 4 is 5.91 Å². The Morgan fingerprint density at radius 1 is 1.24 bits per heavy atom. The summed E-state index contributed by atoms with van der Waals surface area (Å²) in [5.41, 5.74) is 1.26. The van der Waals surface area contributed by atoms with Crippen molar-refractivity contribution in [3.05, 3.63) is 30.1 Å². The summed E-state index contributed by atoms with van der Waals surface area (Å²) in [6.45, 7) is 5.88. The van der Waals surface area contributed by atoms with E-state index in [-0.39, 0.29) is 0 Å². The van der Waals surface area contributed by atoms with Crippen LogP contribution >= 0.6 is 0 Å². The lowest BCUT2D eigenvalue weighted by Gasteiger charge is -2.39. The molecule has 3 saturated heterocycles. The van der Waals surface area contributed by atoms with Crippen molar-refractivity contribution < 1.29 is 4.79 Å². The molecule has 4 rings (SSSR count). The molecule has 0 saturated carbocycles. The molecule has 25 heavy (non-hydrogen) atoms. The van der Waals surface area contributed by atoms with Crippen molar-refractivity contribution in [2.75, 3.05) is 26.2 Å². The molecule has 3 atom stereocenters. The molecule has 3 fully saturated rings. The molecule has 5 heteroatoms. The van der Waals surface area contributed by atoms with Gasteiger partial charge < -0.3 is 10.2 Å². The molecule has 0 spiro atoms. The van der Waals surface area contributed by atoms with Gasteiger partial charge in [-0.15, -0.1) is 0 Å². The molecule has 0 aromatic carbocycles. The first kappa shape index (κ1) is 17.0. The Hall–Kier alpha value is -1.46. The molecule has 2 bridgehead atoms. The van der Waals surface area contributed by atoms with E-state index in [1.807, 2.05) is 18.5 Å². The number of carbonyl (C=O) groups is 1. The number of nitrogens with zero attached hydrogens (tertiary/aromatic N) is 3. The van der Waals surface area contributed by atoms with Crippen molar-refractivity contribution in [3.63, 3.8) is 0 Å². The molecule has 1 aromatic heterocycles. The minimum Gasteiger partial charge on any atom is -0.340 e. The van der Waals surface area contributed by atoms with Crippen molar-refractivity contribution in [3.8, 4) is 0 Å². The van der Waals surface area contributed by atoms with E-state index in [9.17, 15) is 4.79 Å². The Labute approximate surface area is 150 Å². The Morgan fingerprint density at radius 2 is 1.96 bits per heavy atom. The highest BCUT2D eigenvalue weighted by atomic mass is 16.2. The maximum Gasteiger partial charge on any atom is 0.222 e. The fourth-order valence-electron chi connectivity index (χ4n) is 4.91. The van der Waals surface area contributed by atoms with Gasteiger partial charge in [-0.2, -0.15) is 0 Å². The number of fused-ring (bicyclic) bond motifs is 2. The molecular weight excluding hydrogens is 312 g/mol. The zero-order valence-electron chi connectivity index (χ0n) is 15.2. The van der Waals surface area contributed by atoms with Gasteiger partial charge in [0.1, 0.15) is 0 Å². The van der Waals surface area contributed by atoms with Crippen molar-refractivity contribution in [1.82, 2.24) is 20.1 Å². The number of rotatable bonds is 4. The highest BCUT2D eigenvalue weighted by Gasteiger charge is 2.35. The molecule has 0 aliphatic carbocycles. The van der Waals surface area contributed by atoms with Gasteiger partial charge in [0.2, 0.25) is 5.91 Å². The van der Waals surface area contributed by atoms with Crippen LogP contribution < -0.4 is 5.32 Å². The van der Waals surface area contributed by atoms with E-state index in [1.165, 1.54) is 31.2 Å². The second-order valence-corrected chi connectivity index (χ2v) is 8.06. The van der Waals surface area contributed by atoms with Crippen LogP contribution in [-0.4, -0.2) is 59.0 Å². The maximum absolute atomic E-state index is 12.7. The summed E-state index contributed by atoms with van der Waals surface area (Å²) >= 11 is 0. The van der Waals surface area contributed by atoms with Crippen LogP contribution in [0.15, 0.2) is 24.5 Å². The van der Waals surface area contributed by atoms with E-state index in [4.69, 9.17) is 0 Å². The van der Waals surface area contributed by atoms with E-state index in [0.717, 1.165) is 32.6 Å². The van der Waals surface area contributed by atoms with Gasteiger partial charge in [-0.05, 0) is 50.2 Å². The number of piperazine rings is 1. The number of nitrogens with one attached hydrogen (secondary N) is 1. The quantitative estimate of drug-likeness (QED) is 0.911. The smallest absolute Gasteiger partial charge is 0.222 e. The van der Waals surface area contributed by atoms with E-state index < -0.39 is 0 Å². The summed E-state index contributed by atoms with van der Waals surface area (Å²) in [4.78, 5) is 21.5. The SMILES string of the molecule is CC(c1cccnc1)N1CCN(C(=O)CC2CC3CCC(C2)N3)CC1. The number of carbonyl (C=O) groups excluding carboxylic acids is 1. The van der Waals surface area contributed by atoms with Gasteiger partial charge in [0.25, 0.3) is 0 Å². The molecule has 5 nitrogen and oxygen atoms in total. The molecule has 3 aliphatic rings. The average Bonchev–Trinajstić information content (AvgIpc) is 3.00. The lowest BCUT2D eigenvalue weighted by Crippen LogP contribution is -2.50. The van der Waals surface area contributed by atoms with E-state index in [2.05, 4.69) is 33.1 Å². The number of hydrogen-bond acceptors (Lipinski definition) is 4. The first-order chi connectivity index (χ1) is 12.2. The largest absolute Gasteiger partial charge is 0.340 e. The fourth-order valence-corrected chi connectivity index (χ4v) is 4.91. The molecular formula is C20H30N4O. The molecule has 1 N–H and O–H groups in total. The van der Waals surface area contributed by atoms with Crippen LogP contribution in [0.5, 0.6) is 0 Å². The predicted molar refractivity (Wildman–Crippen MR) is 98.1 cm³/mol. The van der Waals surface area contributed by atoms with Crippen LogP contribution in [0.2, 0.25) is 0 Å². The van der Waals surface area contributed by atoms with Crippen molar-refractivity contribution in [2.45, 2.75) is 57.2 Å². The zero-order chi connectivity index (χ0) is 17.2. The van der Waals surface area contributed by atoms with Crippen LogP contribution in [0.1, 0.15) is 50.6 Å². The summed E-state index contributed by atoms with van der Waals surface area (Å²) < 4.78 is 0. The first-order valence-corrected chi connectivity index (χ1v) is 9.87. The molecule has 136 valence electrons. The second kappa shape index (κ2) is 7.42. The van der Waals surface area contributed by atoms with Gasteiger partial charge in [-0.1, -0.05) is 6.07 Å². The zero-order valence-corrected chi connectivity index (χ0v) is 15.2. The van der Waals surface area contributed by atoms with Crippen molar-refractivity contribution in [1.29, 1.82) is 0 Å². The molecule has 3 unspecified atom stereocenters. The van der Waals surface area contributed by atoms with Crippen LogP contribution in [0.4, 0.5) is 0 Å². The van der Waals surface area contributed by atoms with Gasteiger partial charge in [-0.25, -0.2) is 0 Å². The number of hydrogen-bond donors (Lipinski definition) is 1. The number of amides is 1. The van der Waals surface area contributed by atoms with E-state index in [1.54, 1.807) is 0 Å². The molecule has 3 aliphatic heterocycles. The number of aromatic nitrogens is 1. The predicted octanol–water partition coefficient (Wildman–Crippen LogP) is 2.21. The summed E-state index contributed by atoms with van der Waals surface area (Å²) in [5.74, 6) is 0.971. The second-order valence-electron chi connectivity index (χ2n) is 8.06. The van der Waals surface area contributed by atoms with Gasteiger partial charge in [-0.3, -0.25) is 14.7 Å². The summed E-state index contributed by atoms with van der Waals surface area (Å²) in [7, 11) is 0. The topological polar surface area (TPSA) is 48.5 Å². The average molecular weight is 342 g/mol. The van der Waals surface area contributed by atoms with Gasteiger partial charge in [0.05, 0.1) is 0 Å². The lowest BCUT2D eigenvalue weighted by atomic mass is 9.89. The Kier molecular flexibility index (Phi) is 5.04. The molecule has 4 heterocycles. The number of pyridine rings is 1. The third kappa shape index (κ3) is 3.87. The lowest BCUT2D eigenvalue weighted by molar-refractivity contribution is -0.134. The standard InChI is InChI=1S/C20H30N4O/c1-15(17-3-2-6-21-14-17)23-7-9-24(10-8-23)20(25)13-16-11-18-4-5-19(12-16)22-18/h2-3,6,14-16,18-19,22H,4-5,7-13H2,1H3. The maximum atomic E-state index is 12.7. The summed E-state index contributed by atoms with van der Waals surface area (Å²) in [6.07, 6.45) is 9.53. The third-order valence-electron chi connectivity index (χ3n) is 6.42. The van der Waals surface area contributed by atoms with Crippen molar-refractivity contribution in [2.24, 2.45) is 5.92 Å². The Morgan fingerprint density at radius 3 is 2.60 bits per heavy atom.